The molecule has 18 heavy (non-hydrogen) atoms. The third kappa shape index (κ3) is 3.10. The highest BCUT2D eigenvalue weighted by molar-refractivity contribution is 5.23. The number of aliphatic hydroxyl groups is 1. The average Bonchev–Trinajstić information content (AvgIpc) is 2.35. The molecule has 0 amide bonds. The summed E-state index contributed by atoms with van der Waals surface area (Å²) in [5, 5.41) is 10.7. The molecular formula is C15H24N2O. The third-order valence-electron chi connectivity index (χ3n) is 3.97. The monoisotopic (exact) mass is 248 g/mol. The molecule has 0 saturated heterocycles. The summed E-state index contributed by atoms with van der Waals surface area (Å²) < 4.78 is 0. The highest BCUT2D eigenvalue weighted by Crippen LogP contribution is 2.28. The molecule has 0 radical (unpaired) electrons. The molecule has 0 heterocycles. The van der Waals surface area contributed by atoms with Crippen molar-refractivity contribution in [1.29, 1.82) is 0 Å². The van der Waals surface area contributed by atoms with E-state index in [9.17, 15) is 5.11 Å². The van der Waals surface area contributed by atoms with Crippen molar-refractivity contribution >= 4 is 0 Å². The first kappa shape index (κ1) is 13.5. The first-order chi connectivity index (χ1) is 8.64. The lowest BCUT2D eigenvalue weighted by molar-refractivity contribution is 0.00710. The highest BCUT2D eigenvalue weighted by atomic mass is 16.3. The predicted molar refractivity (Wildman–Crippen MR) is 74.2 cm³/mol. The Hall–Kier alpha value is -0.900. The predicted octanol–water partition coefficient (Wildman–Crippen LogP) is 1.56. The van der Waals surface area contributed by atoms with Crippen molar-refractivity contribution in [3.63, 3.8) is 0 Å². The molecule has 3 heteroatoms. The summed E-state index contributed by atoms with van der Waals surface area (Å²) in [6, 6.07) is 9.75. The van der Waals surface area contributed by atoms with Gasteiger partial charge < -0.3 is 15.7 Å². The maximum atomic E-state index is 10.7. The summed E-state index contributed by atoms with van der Waals surface area (Å²) >= 11 is 0. The second kappa shape index (κ2) is 5.83. The molecule has 1 unspecified atom stereocenters. The van der Waals surface area contributed by atoms with Crippen LogP contribution in [0.25, 0.3) is 0 Å². The third-order valence-corrected chi connectivity index (χ3v) is 3.97. The van der Waals surface area contributed by atoms with E-state index in [-0.39, 0.29) is 6.54 Å². The molecule has 2 rings (SSSR count). The summed E-state index contributed by atoms with van der Waals surface area (Å²) in [6.45, 7) is 1.92. The minimum atomic E-state index is -0.931. The molecule has 0 spiro atoms. The number of nitrogens with zero attached hydrogens (tertiary/aromatic N) is 1. The summed E-state index contributed by atoms with van der Waals surface area (Å²) in [5.74, 6) is 0.813. The van der Waals surface area contributed by atoms with E-state index in [1.54, 1.807) is 0 Å². The molecule has 100 valence electrons. The first-order valence-electron chi connectivity index (χ1n) is 6.80. The van der Waals surface area contributed by atoms with Crippen LogP contribution in [-0.2, 0) is 5.60 Å². The smallest absolute Gasteiger partial charge is 0.114 e. The van der Waals surface area contributed by atoms with Crippen LogP contribution in [0.5, 0.6) is 0 Å². The van der Waals surface area contributed by atoms with Crippen LogP contribution in [0.1, 0.15) is 24.8 Å². The lowest BCUT2D eigenvalue weighted by Crippen LogP contribution is -2.46. The highest BCUT2D eigenvalue weighted by Gasteiger charge is 2.30. The van der Waals surface area contributed by atoms with Gasteiger partial charge in [0.05, 0.1) is 0 Å². The van der Waals surface area contributed by atoms with E-state index in [0.29, 0.717) is 6.54 Å². The second-order valence-electron chi connectivity index (χ2n) is 5.60. The Balaban J connectivity index is 1.98. The van der Waals surface area contributed by atoms with Gasteiger partial charge in [-0.25, -0.2) is 0 Å². The van der Waals surface area contributed by atoms with Crippen molar-refractivity contribution < 1.29 is 5.11 Å². The molecule has 1 aromatic carbocycles. The van der Waals surface area contributed by atoms with Gasteiger partial charge in [0.2, 0.25) is 0 Å². The van der Waals surface area contributed by atoms with E-state index in [1.165, 1.54) is 19.3 Å². The fraction of sp³-hybridized carbons (Fsp3) is 0.600. The van der Waals surface area contributed by atoms with Crippen molar-refractivity contribution in [2.24, 2.45) is 11.7 Å². The van der Waals surface area contributed by atoms with Crippen molar-refractivity contribution in [3.8, 4) is 0 Å². The number of hydrogen-bond donors (Lipinski definition) is 2. The average molecular weight is 248 g/mol. The van der Waals surface area contributed by atoms with Crippen LogP contribution in [0.3, 0.4) is 0 Å². The van der Waals surface area contributed by atoms with E-state index in [2.05, 4.69) is 11.9 Å². The lowest BCUT2D eigenvalue weighted by atomic mass is 9.84. The van der Waals surface area contributed by atoms with E-state index < -0.39 is 5.60 Å². The number of nitrogens with two attached hydrogens (primary N) is 1. The molecule has 1 saturated carbocycles. The van der Waals surface area contributed by atoms with Crippen molar-refractivity contribution in [1.82, 2.24) is 4.90 Å². The summed E-state index contributed by atoms with van der Waals surface area (Å²) in [7, 11) is 2.07. The van der Waals surface area contributed by atoms with E-state index in [4.69, 9.17) is 5.73 Å². The zero-order valence-corrected chi connectivity index (χ0v) is 11.2. The summed E-state index contributed by atoms with van der Waals surface area (Å²) in [6.07, 6.45) is 4.02. The van der Waals surface area contributed by atoms with Crippen molar-refractivity contribution in [2.75, 3.05) is 26.7 Å². The SMILES string of the molecule is CN(CC1CCC1)CC(O)(CN)c1ccccc1. The standard InChI is InChI=1S/C15H24N2O/c1-17(10-13-6-5-7-13)12-15(18,11-16)14-8-3-2-4-9-14/h2-4,8-9,13,18H,5-7,10-12,16H2,1H3. The Morgan fingerprint density at radius 3 is 2.50 bits per heavy atom. The normalized spacial score (nSPS) is 19.6. The molecule has 3 N–H and O–H groups in total. The molecule has 3 nitrogen and oxygen atoms in total. The van der Waals surface area contributed by atoms with Crippen molar-refractivity contribution in [2.45, 2.75) is 24.9 Å². The molecule has 0 bridgehead atoms. The maximum absolute atomic E-state index is 10.7. The number of benzene rings is 1. The Labute approximate surface area is 110 Å². The van der Waals surface area contributed by atoms with Crippen molar-refractivity contribution in [3.05, 3.63) is 35.9 Å². The van der Waals surface area contributed by atoms with Gasteiger partial charge in [-0.1, -0.05) is 36.8 Å². The minimum Gasteiger partial charge on any atom is -0.382 e. The number of likely N-dealkylation sites (N-methyl/N-ethyl adjacent to an activating group) is 1. The quantitative estimate of drug-likeness (QED) is 0.803. The van der Waals surface area contributed by atoms with Crippen LogP contribution in [0, 0.1) is 5.92 Å². The molecular weight excluding hydrogens is 224 g/mol. The molecule has 1 aliphatic carbocycles. The van der Waals surface area contributed by atoms with E-state index in [0.717, 1.165) is 18.0 Å². The van der Waals surface area contributed by atoms with Gasteiger partial charge >= 0.3 is 0 Å². The van der Waals surface area contributed by atoms with E-state index >= 15 is 0 Å². The first-order valence-corrected chi connectivity index (χ1v) is 6.80. The Morgan fingerprint density at radius 1 is 1.33 bits per heavy atom. The van der Waals surface area contributed by atoms with E-state index in [1.807, 2.05) is 30.3 Å². The van der Waals surface area contributed by atoms with Crippen LogP contribution in [0.4, 0.5) is 0 Å². The summed E-state index contributed by atoms with van der Waals surface area (Å²) in [5.41, 5.74) is 5.77. The van der Waals surface area contributed by atoms with Gasteiger partial charge in [-0.3, -0.25) is 0 Å². The molecule has 1 aromatic rings. The van der Waals surface area contributed by atoms with Gasteiger partial charge in [0.25, 0.3) is 0 Å². The maximum Gasteiger partial charge on any atom is 0.114 e. The van der Waals surface area contributed by atoms with Crippen LogP contribution < -0.4 is 5.73 Å². The van der Waals surface area contributed by atoms with Gasteiger partial charge in [0.1, 0.15) is 5.60 Å². The Bertz CT molecular complexity index is 364. The molecule has 1 fully saturated rings. The van der Waals surface area contributed by atoms with Crippen LogP contribution in [0.15, 0.2) is 30.3 Å². The lowest BCUT2D eigenvalue weighted by Gasteiger charge is -2.35. The topological polar surface area (TPSA) is 49.5 Å². The van der Waals surface area contributed by atoms with Crippen LogP contribution in [0.2, 0.25) is 0 Å². The Morgan fingerprint density at radius 2 is 2.00 bits per heavy atom. The van der Waals surface area contributed by atoms with Gasteiger partial charge in [0, 0.05) is 19.6 Å². The number of rotatable bonds is 6. The summed E-state index contributed by atoms with van der Waals surface area (Å²) in [4.78, 5) is 2.21. The van der Waals surface area contributed by atoms with Gasteiger partial charge in [-0.2, -0.15) is 0 Å². The zero-order chi connectivity index (χ0) is 13.0. The Kier molecular flexibility index (Phi) is 4.38. The van der Waals surface area contributed by atoms with Crippen LogP contribution >= 0.6 is 0 Å². The fourth-order valence-corrected chi connectivity index (χ4v) is 2.65. The fourth-order valence-electron chi connectivity index (χ4n) is 2.65. The zero-order valence-electron chi connectivity index (χ0n) is 11.2. The van der Waals surface area contributed by atoms with Gasteiger partial charge in [0.15, 0.2) is 0 Å². The molecule has 0 aliphatic heterocycles. The largest absolute Gasteiger partial charge is 0.382 e. The van der Waals surface area contributed by atoms with Crippen LogP contribution in [-0.4, -0.2) is 36.7 Å². The van der Waals surface area contributed by atoms with Gasteiger partial charge in [-0.05, 0) is 31.4 Å². The minimum absolute atomic E-state index is 0.256. The second-order valence-corrected chi connectivity index (χ2v) is 5.60. The number of hydrogen-bond acceptors (Lipinski definition) is 3. The molecule has 0 aromatic heterocycles. The molecule has 1 aliphatic rings. The van der Waals surface area contributed by atoms with Gasteiger partial charge in [-0.15, -0.1) is 0 Å². The molecule has 1 atom stereocenters.